The van der Waals surface area contributed by atoms with Crippen molar-refractivity contribution in [3.05, 3.63) is 0 Å². The van der Waals surface area contributed by atoms with Crippen molar-refractivity contribution in [1.29, 1.82) is 0 Å². The summed E-state index contributed by atoms with van der Waals surface area (Å²) in [4.78, 5) is 24.8. The van der Waals surface area contributed by atoms with Gasteiger partial charge in [0, 0.05) is 19.7 Å². The minimum Gasteiger partial charge on any atom is -0.480 e. The molecule has 2 amide bonds. The number of rotatable bonds is 6. The number of carbonyl (C=O) groups is 2. The fourth-order valence-corrected chi connectivity index (χ4v) is 2.13. The van der Waals surface area contributed by atoms with E-state index in [1.807, 2.05) is 6.92 Å². The maximum absolute atomic E-state index is 12.1. The van der Waals surface area contributed by atoms with Gasteiger partial charge in [-0.2, -0.15) is 0 Å². The Kier molecular flexibility index (Phi) is 6.08. The van der Waals surface area contributed by atoms with Crippen molar-refractivity contribution in [3.63, 3.8) is 0 Å². The molecule has 2 unspecified atom stereocenters. The number of amides is 2. The molecule has 6 heteroatoms. The summed E-state index contributed by atoms with van der Waals surface area (Å²) < 4.78 is 5.50. The number of carboxylic acids is 1. The first-order valence-corrected chi connectivity index (χ1v) is 6.85. The van der Waals surface area contributed by atoms with Gasteiger partial charge in [0.15, 0.2) is 0 Å². The van der Waals surface area contributed by atoms with Gasteiger partial charge in [0.2, 0.25) is 0 Å². The average Bonchev–Trinajstić information content (AvgIpc) is 2.84. The molecule has 1 aliphatic heterocycles. The molecular formula is C13H24N2O4. The number of nitrogens with zero attached hydrogens (tertiary/aromatic N) is 1. The van der Waals surface area contributed by atoms with Crippen molar-refractivity contribution in [2.24, 2.45) is 5.92 Å². The summed E-state index contributed by atoms with van der Waals surface area (Å²) in [6.45, 7) is 7.22. The molecule has 1 rings (SSSR count). The highest BCUT2D eigenvalue weighted by molar-refractivity contribution is 5.82. The van der Waals surface area contributed by atoms with E-state index in [-0.39, 0.29) is 18.1 Å². The van der Waals surface area contributed by atoms with E-state index in [1.165, 1.54) is 0 Å². The second-order valence-corrected chi connectivity index (χ2v) is 5.18. The largest absolute Gasteiger partial charge is 0.480 e. The normalized spacial score (nSPS) is 20.3. The molecule has 0 bridgehead atoms. The van der Waals surface area contributed by atoms with Gasteiger partial charge in [0.05, 0.1) is 6.10 Å². The Bertz CT molecular complexity index is 314. The molecule has 1 saturated heterocycles. The van der Waals surface area contributed by atoms with Crippen LogP contribution >= 0.6 is 0 Å². The number of hydrogen-bond donors (Lipinski definition) is 2. The first-order chi connectivity index (χ1) is 8.95. The van der Waals surface area contributed by atoms with Gasteiger partial charge < -0.3 is 20.1 Å². The molecule has 0 saturated carbocycles. The van der Waals surface area contributed by atoms with Gasteiger partial charge >= 0.3 is 12.0 Å². The molecule has 0 aromatic heterocycles. The first-order valence-electron chi connectivity index (χ1n) is 6.85. The van der Waals surface area contributed by atoms with Gasteiger partial charge in [-0.1, -0.05) is 13.8 Å². The summed E-state index contributed by atoms with van der Waals surface area (Å²) in [5.74, 6) is -1.15. The molecule has 6 nitrogen and oxygen atoms in total. The number of carboxylic acid groups (broad SMARTS) is 1. The third-order valence-corrected chi connectivity index (χ3v) is 3.33. The van der Waals surface area contributed by atoms with E-state index in [9.17, 15) is 9.59 Å². The van der Waals surface area contributed by atoms with E-state index in [0.29, 0.717) is 13.1 Å². The predicted octanol–water partition coefficient (Wildman–Crippen LogP) is 1.31. The summed E-state index contributed by atoms with van der Waals surface area (Å²) in [6, 6.07) is -1.19. The summed E-state index contributed by atoms with van der Waals surface area (Å²) in [5, 5.41) is 11.6. The van der Waals surface area contributed by atoms with Crippen LogP contribution in [0.1, 0.15) is 33.6 Å². The molecular weight excluding hydrogens is 248 g/mol. The van der Waals surface area contributed by atoms with Gasteiger partial charge in [-0.3, -0.25) is 0 Å². The Hall–Kier alpha value is -1.30. The lowest BCUT2D eigenvalue weighted by atomic mass is 10.1. The van der Waals surface area contributed by atoms with Crippen LogP contribution in [-0.2, 0) is 9.53 Å². The quantitative estimate of drug-likeness (QED) is 0.764. The molecule has 1 aliphatic rings. The summed E-state index contributed by atoms with van der Waals surface area (Å²) in [5.41, 5.74) is 0. The van der Waals surface area contributed by atoms with E-state index >= 15 is 0 Å². The maximum Gasteiger partial charge on any atom is 0.326 e. The molecule has 1 heterocycles. The molecule has 110 valence electrons. The fraction of sp³-hybridized carbons (Fsp3) is 0.846. The van der Waals surface area contributed by atoms with Crippen molar-refractivity contribution in [2.45, 2.75) is 45.8 Å². The molecule has 0 radical (unpaired) electrons. The van der Waals surface area contributed by atoms with Crippen molar-refractivity contribution in [1.82, 2.24) is 10.2 Å². The van der Waals surface area contributed by atoms with E-state index in [0.717, 1.165) is 19.4 Å². The summed E-state index contributed by atoms with van der Waals surface area (Å²) >= 11 is 0. The highest BCUT2D eigenvalue weighted by atomic mass is 16.5. The second-order valence-electron chi connectivity index (χ2n) is 5.18. The Morgan fingerprint density at radius 1 is 1.47 bits per heavy atom. The van der Waals surface area contributed by atoms with Crippen LogP contribution in [0.5, 0.6) is 0 Å². The number of nitrogens with one attached hydrogen (secondary N) is 1. The summed E-state index contributed by atoms with van der Waals surface area (Å²) in [7, 11) is 0. The lowest BCUT2D eigenvalue weighted by Crippen LogP contribution is -2.51. The van der Waals surface area contributed by atoms with Gasteiger partial charge in [-0.25, -0.2) is 9.59 Å². The molecule has 1 fully saturated rings. The number of urea groups is 1. The van der Waals surface area contributed by atoms with Crippen LogP contribution < -0.4 is 5.32 Å². The molecule has 0 aliphatic carbocycles. The molecule has 0 spiro atoms. The minimum absolute atomic E-state index is 0.0769. The van der Waals surface area contributed by atoms with Crippen LogP contribution in [0.3, 0.4) is 0 Å². The van der Waals surface area contributed by atoms with Crippen molar-refractivity contribution in [3.8, 4) is 0 Å². The van der Waals surface area contributed by atoms with E-state index in [4.69, 9.17) is 9.84 Å². The van der Waals surface area contributed by atoms with Crippen LogP contribution in [-0.4, -0.2) is 53.8 Å². The highest BCUT2D eigenvalue weighted by Crippen LogP contribution is 2.13. The van der Waals surface area contributed by atoms with Crippen LogP contribution in [0.25, 0.3) is 0 Å². The van der Waals surface area contributed by atoms with E-state index in [1.54, 1.807) is 18.7 Å². The van der Waals surface area contributed by atoms with Crippen LogP contribution in [0.4, 0.5) is 4.79 Å². The van der Waals surface area contributed by atoms with Gasteiger partial charge in [0.25, 0.3) is 0 Å². The second kappa shape index (κ2) is 7.33. The molecule has 19 heavy (non-hydrogen) atoms. The molecule has 2 N–H and O–H groups in total. The molecule has 0 aromatic rings. The predicted molar refractivity (Wildman–Crippen MR) is 71.0 cm³/mol. The number of hydrogen-bond acceptors (Lipinski definition) is 3. The maximum atomic E-state index is 12.1. The highest BCUT2D eigenvalue weighted by Gasteiger charge is 2.27. The SMILES string of the molecule is CCN(CC1CCCO1)C(=O)NC(C(=O)O)C(C)C. The topological polar surface area (TPSA) is 78.9 Å². The molecule has 0 aromatic carbocycles. The van der Waals surface area contributed by atoms with Crippen molar-refractivity contribution >= 4 is 12.0 Å². The number of aliphatic carboxylic acids is 1. The van der Waals surface area contributed by atoms with Gasteiger partial charge in [-0.15, -0.1) is 0 Å². The van der Waals surface area contributed by atoms with Crippen LogP contribution in [0.15, 0.2) is 0 Å². The lowest BCUT2D eigenvalue weighted by Gasteiger charge is -2.27. The number of carbonyl (C=O) groups excluding carboxylic acids is 1. The minimum atomic E-state index is -1.00. The van der Waals surface area contributed by atoms with Crippen LogP contribution in [0.2, 0.25) is 0 Å². The van der Waals surface area contributed by atoms with Crippen LogP contribution in [0, 0.1) is 5.92 Å². The third kappa shape index (κ3) is 4.70. The smallest absolute Gasteiger partial charge is 0.326 e. The zero-order valence-electron chi connectivity index (χ0n) is 11.9. The fourth-order valence-electron chi connectivity index (χ4n) is 2.13. The van der Waals surface area contributed by atoms with Crippen molar-refractivity contribution < 1.29 is 19.4 Å². The zero-order chi connectivity index (χ0) is 14.4. The van der Waals surface area contributed by atoms with Gasteiger partial charge in [0.1, 0.15) is 6.04 Å². The summed E-state index contributed by atoms with van der Waals surface area (Å²) in [6.07, 6.45) is 2.05. The van der Waals surface area contributed by atoms with Crippen molar-refractivity contribution in [2.75, 3.05) is 19.7 Å². The lowest BCUT2D eigenvalue weighted by molar-refractivity contribution is -0.140. The Balaban J connectivity index is 2.54. The monoisotopic (exact) mass is 272 g/mol. The number of likely N-dealkylation sites (N-methyl/N-ethyl adjacent to an activating group) is 1. The van der Waals surface area contributed by atoms with E-state index < -0.39 is 12.0 Å². The number of ether oxygens (including phenoxy) is 1. The zero-order valence-corrected chi connectivity index (χ0v) is 11.9. The standard InChI is InChI=1S/C13H24N2O4/c1-4-15(8-10-6-5-7-19-10)13(18)14-11(9(2)3)12(16)17/h9-11H,4-8H2,1-3H3,(H,14,18)(H,16,17). The Morgan fingerprint density at radius 2 is 2.16 bits per heavy atom. The third-order valence-electron chi connectivity index (χ3n) is 3.33. The van der Waals surface area contributed by atoms with E-state index in [2.05, 4.69) is 5.32 Å². The molecule has 2 atom stereocenters. The van der Waals surface area contributed by atoms with Gasteiger partial charge in [-0.05, 0) is 25.7 Å². The first kappa shape index (κ1) is 15.8. The Morgan fingerprint density at radius 3 is 2.58 bits per heavy atom. The Labute approximate surface area is 114 Å². The average molecular weight is 272 g/mol.